The van der Waals surface area contributed by atoms with Gasteiger partial charge in [0.15, 0.2) is 28.4 Å². The predicted molar refractivity (Wildman–Crippen MR) is 137 cm³/mol. The molecule has 35 heavy (non-hydrogen) atoms. The number of nitrogens with zero attached hydrogens (tertiary/aromatic N) is 4. The molecule has 0 atom stereocenters. The number of guanidine groups is 1. The Bertz CT molecular complexity index is 1080. The van der Waals surface area contributed by atoms with Crippen LogP contribution in [0.2, 0.25) is 5.15 Å². The van der Waals surface area contributed by atoms with Crippen LogP contribution in [0.15, 0.2) is 35.3 Å². The third-order valence-electron chi connectivity index (χ3n) is 5.89. The lowest BCUT2D eigenvalue weighted by molar-refractivity contribution is 0.0971. The summed E-state index contributed by atoms with van der Waals surface area (Å²) in [6.45, 7) is 5.44. The largest absolute Gasteiger partial charge is 0.382 e. The monoisotopic (exact) mass is 501 g/mol. The Morgan fingerprint density at radius 3 is 2.43 bits per heavy atom. The number of benzene rings is 1. The number of likely N-dealkylation sites (tertiary alicyclic amines) is 1. The van der Waals surface area contributed by atoms with Crippen molar-refractivity contribution < 1.29 is 9.59 Å². The molecular formula is C23H32ClN9O2. The summed E-state index contributed by atoms with van der Waals surface area (Å²) in [5.41, 5.74) is 18.1. The fraction of sp³-hybridized carbons (Fsp3) is 0.435. The van der Waals surface area contributed by atoms with Gasteiger partial charge in [0.25, 0.3) is 5.91 Å². The van der Waals surface area contributed by atoms with Crippen LogP contribution in [-0.2, 0) is 6.42 Å². The summed E-state index contributed by atoms with van der Waals surface area (Å²) in [6, 6.07) is 10.1. The minimum atomic E-state index is -0.685. The third-order valence-corrected chi connectivity index (χ3v) is 6.17. The number of hydrogen-bond acceptors (Lipinski definition) is 7. The highest BCUT2D eigenvalue weighted by Gasteiger charge is 2.36. The first-order chi connectivity index (χ1) is 16.6. The van der Waals surface area contributed by atoms with Crippen molar-refractivity contribution in [2.24, 2.45) is 16.1 Å². The molecule has 1 fully saturated rings. The number of aromatic nitrogens is 2. The number of anilines is 2. The lowest BCUT2D eigenvalue weighted by Crippen LogP contribution is -2.50. The molecule has 12 heteroatoms. The fourth-order valence-corrected chi connectivity index (χ4v) is 4.15. The summed E-state index contributed by atoms with van der Waals surface area (Å²) in [5.74, 6) is -0.990. The number of aliphatic imine (C=N–C) groups is 1. The third kappa shape index (κ3) is 6.95. The number of urea groups is 1. The quantitative estimate of drug-likeness (QED) is 0.295. The molecule has 1 aliphatic rings. The van der Waals surface area contributed by atoms with Gasteiger partial charge in [0.2, 0.25) is 0 Å². The molecule has 3 amide bonds. The Hall–Kier alpha value is -3.60. The molecule has 11 nitrogen and oxygen atoms in total. The number of nitrogen functional groups attached to an aromatic ring is 2. The zero-order chi connectivity index (χ0) is 25.6. The van der Waals surface area contributed by atoms with Crippen molar-refractivity contribution in [2.75, 3.05) is 31.1 Å². The van der Waals surface area contributed by atoms with Gasteiger partial charge in [-0.1, -0.05) is 41.9 Å². The molecule has 0 spiro atoms. The first kappa shape index (κ1) is 26.0. The lowest BCUT2D eigenvalue weighted by atomic mass is 9.74. The molecule has 1 aromatic carbocycles. The van der Waals surface area contributed by atoms with Crippen LogP contribution in [0.3, 0.4) is 0 Å². The smallest absolute Gasteiger partial charge is 0.317 e. The van der Waals surface area contributed by atoms with E-state index in [-0.39, 0.29) is 45.9 Å². The minimum absolute atomic E-state index is 0.0653. The second-order valence-corrected chi connectivity index (χ2v) is 9.40. The highest BCUT2D eigenvalue weighted by Crippen LogP contribution is 2.36. The molecule has 1 aliphatic heterocycles. The molecule has 0 aliphatic carbocycles. The van der Waals surface area contributed by atoms with Crippen molar-refractivity contribution in [3.05, 3.63) is 46.7 Å². The number of rotatable bonds is 6. The van der Waals surface area contributed by atoms with Gasteiger partial charge in [0, 0.05) is 25.7 Å². The summed E-state index contributed by atoms with van der Waals surface area (Å²) in [7, 11) is 0. The average molecular weight is 502 g/mol. The molecule has 0 unspecified atom stereocenters. The van der Waals surface area contributed by atoms with Gasteiger partial charge < -0.3 is 27.4 Å². The van der Waals surface area contributed by atoms with Crippen LogP contribution < -0.4 is 27.8 Å². The van der Waals surface area contributed by atoms with Crippen molar-refractivity contribution in [1.82, 2.24) is 25.5 Å². The Kier molecular flexibility index (Phi) is 8.34. The zero-order valence-corrected chi connectivity index (χ0v) is 20.7. The van der Waals surface area contributed by atoms with Gasteiger partial charge in [-0.3, -0.25) is 15.1 Å². The van der Waals surface area contributed by atoms with Gasteiger partial charge in [0.05, 0.1) is 0 Å². The van der Waals surface area contributed by atoms with E-state index in [0.29, 0.717) is 19.6 Å². The summed E-state index contributed by atoms with van der Waals surface area (Å²) < 4.78 is 0. The van der Waals surface area contributed by atoms with Crippen molar-refractivity contribution in [1.29, 1.82) is 0 Å². The summed E-state index contributed by atoms with van der Waals surface area (Å²) in [4.78, 5) is 39.0. The molecule has 2 heterocycles. The Labute approximate surface area is 209 Å². The van der Waals surface area contributed by atoms with Crippen molar-refractivity contribution in [3.63, 3.8) is 0 Å². The van der Waals surface area contributed by atoms with Crippen LogP contribution in [0.5, 0.6) is 0 Å². The van der Waals surface area contributed by atoms with Gasteiger partial charge >= 0.3 is 6.03 Å². The molecular weight excluding hydrogens is 470 g/mol. The topological polar surface area (TPSA) is 178 Å². The van der Waals surface area contributed by atoms with Crippen molar-refractivity contribution in [2.45, 2.75) is 39.2 Å². The van der Waals surface area contributed by atoms with E-state index in [1.165, 1.54) is 5.56 Å². The average Bonchev–Trinajstić information content (AvgIpc) is 2.81. The van der Waals surface area contributed by atoms with Gasteiger partial charge in [-0.05, 0) is 44.1 Å². The predicted octanol–water partition coefficient (Wildman–Crippen LogP) is 1.78. The van der Waals surface area contributed by atoms with Crippen LogP contribution in [0.1, 0.15) is 42.7 Å². The fourth-order valence-electron chi connectivity index (χ4n) is 4.02. The number of nitrogens with two attached hydrogens (primary N) is 3. The number of piperidine rings is 1. The zero-order valence-electron chi connectivity index (χ0n) is 19.9. The van der Waals surface area contributed by atoms with Crippen LogP contribution in [0.25, 0.3) is 0 Å². The molecule has 1 aromatic heterocycles. The summed E-state index contributed by atoms with van der Waals surface area (Å²) >= 11 is 5.86. The van der Waals surface area contributed by atoms with Gasteiger partial charge in [-0.2, -0.15) is 0 Å². The molecule has 8 N–H and O–H groups in total. The maximum absolute atomic E-state index is 12.6. The Morgan fingerprint density at radius 2 is 1.80 bits per heavy atom. The number of carbonyl (C=O) groups excluding carboxylic acids is 2. The standard InChI is InChI=1S/C23H32ClN9O2/c1-14(2)29-22(35)33-10-8-23(9-11-33,12-15-6-4-3-5-7-15)13-28-21(27)32-20(34)16-18(25)31-19(26)17(24)30-16/h3-7,14H,8-13H2,1-2H3,(H,29,35)(H4,25,26,31)(H3,27,28,32,34). The van der Waals surface area contributed by atoms with E-state index >= 15 is 0 Å². The Morgan fingerprint density at radius 1 is 1.14 bits per heavy atom. The summed E-state index contributed by atoms with van der Waals surface area (Å²) in [6.07, 6.45) is 2.25. The van der Waals surface area contributed by atoms with Crippen LogP contribution in [0, 0.1) is 5.41 Å². The molecule has 3 rings (SSSR count). The number of hydrogen-bond donors (Lipinski definition) is 5. The second kappa shape index (κ2) is 11.2. The maximum atomic E-state index is 12.6. The summed E-state index contributed by atoms with van der Waals surface area (Å²) in [5, 5.41) is 5.30. The minimum Gasteiger partial charge on any atom is -0.382 e. The van der Waals surface area contributed by atoms with Gasteiger partial charge in [-0.25, -0.2) is 14.8 Å². The van der Waals surface area contributed by atoms with E-state index in [2.05, 4.69) is 37.7 Å². The van der Waals surface area contributed by atoms with Crippen LogP contribution in [0.4, 0.5) is 16.4 Å². The van der Waals surface area contributed by atoms with E-state index in [1.807, 2.05) is 36.9 Å². The van der Waals surface area contributed by atoms with E-state index < -0.39 is 5.91 Å². The van der Waals surface area contributed by atoms with Crippen molar-refractivity contribution >= 4 is 41.1 Å². The number of nitrogens with one attached hydrogen (secondary N) is 2. The van der Waals surface area contributed by atoms with Crippen molar-refractivity contribution in [3.8, 4) is 0 Å². The van der Waals surface area contributed by atoms with Crippen LogP contribution in [-0.4, -0.2) is 58.4 Å². The molecule has 0 saturated carbocycles. The number of carbonyl (C=O) groups is 2. The normalized spacial score (nSPS) is 15.7. The number of halogens is 1. The van der Waals surface area contributed by atoms with Crippen LogP contribution >= 0.6 is 11.6 Å². The first-order valence-electron chi connectivity index (χ1n) is 11.4. The highest BCUT2D eigenvalue weighted by atomic mass is 35.5. The van der Waals surface area contributed by atoms with Gasteiger partial charge in [-0.15, -0.1) is 0 Å². The van der Waals surface area contributed by atoms with E-state index in [1.54, 1.807) is 0 Å². The molecule has 2 aromatic rings. The molecule has 0 radical (unpaired) electrons. The second-order valence-electron chi connectivity index (χ2n) is 9.04. The SMILES string of the molecule is CC(C)NC(=O)N1CCC(CN=C(N)NC(=O)c2nc(Cl)c(N)nc2N)(Cc2ccccc2)CC1. The lowest BCUT2D eigenvalue weighted by Gasteiger charge is -2.41. The Balaban J connectivity index is 1.72. The molecule has 1 saturated heterocycles. The van der Waals surface area contributed by atoms with E-state index in [9.17, 15) is 9.59 Å². The van der Waals surface area contributed by atoms with Gasteiger partial charge in [0.1, 0.15) is 0 Å². The molecule has 188 valence electrons. The number of amides is 3. The van der Waals surface area contributed by atoms with E-state index in [4.69, 9.17) is 28.8 Å². The highest BCUT2D eigenvalue weighted by molar-refractivity contribution is 6.31. The van der Waals surface area contributed by atoms with E-state index in [0.717, 1.165) is 19.3 Å². The maximum Gasteiger partial charge on any atom is 0.317 e. The first-order valence-corrected chi connectivity index (χ1v) is 11.8. The molecule has 0 bridgehead atoms.